The molecule has 136 valence electrons. The number of benzene rings is 1. The highest BCUT2D eigenvalue weighted by Gasteiger charge is 2.32. The van der Waals surface area contributed by atoms with E-state index in [2.05, 4.69) is 35.8 Å². The zero-order valence-corrected chi connectivity index (χ0v) is 15.5. The average molecular weight is 352 g/mol. The van der Waals surface area contributed by atoms with E-state index in [1.807, 2.05) is 19.0 Å². The van der Waals surface area contributed by atoms with Crippen LogP contribution >= 0.6 is 0 Å². The van der Waals surface area contributed by atoms with Crippen molar-refractivity contribution in [2.75, 3.05) is 25.6 Å². The summed E-state index contributed by atoms with van der Waals surface area (Å²) in [6.07, 6.45) is 2.68. The van der Waals surface area contributed by atoms with Crippen molar-refractivity contribution in [3.63, 3.8) is 0 Å². The summed E-state index contributed by atoms with van der Waals surface area (Å²) in [7, 11) is 4.00. The number of H-pyrrole nitrogens is 1. The fourth-order valence-corrected chi connectivity index (χ4v) is 3.52. The number of ketones is 1. The van der Waals surface area contributed by atoms with Crippen molar-refractivity contribution in [2.24, 2.45) is 0 Å². The second-order valence-electron chi connectivity index (χ2n) is 6.88. The monoisotopic (exact) mass is 352 g/mol. The van der Waals surface area contributed by atoms with Crippen molar-refractivity contribution in [3.8, 4) is 0 Å². The number of hydrogen-bond donors (Lipinski definition) is 1. The topological polar surface area (TPSA) is 62.4 Å². The number of esters is 1. The van der Waals surface area contributed by atoms with Gasteiger partial charge in [-0.3, -0.25) is 4.79 Å². The molecule has 0 bridgehead atoms. The Bertz CT molecular complexity index is 847. The molecule has 0 amide bonds. The van der Waals surface area contributed by atoms with Gasteiger partial charge in [0.05, 0.1) is 0 Å². The number of ether oxygens (including phenoxy) is 1. The summed E-state index contributed by atoms with van der Waals surface area (Å²) in [5.41, 5.74) is 4.79. The Labute approximate surface area is 153 Å². The summed E-state index contributed by atoms with van der Waals surface area (Å²) in [6, 6.07) is 8.28. The number of hydrogen-bond acceptors (Lipinski definition) is 4. The minimum Gasteiger partial charge on any atom is -0.457 e. The van der Waals surface area contributed by atoms with E-state index in [1.54, 1.807) is 6.92 Å². The fourth-order valence-electron chi connectivity index (χ4n) is 3.52. The van der Waals surface area contributed by atoms with Crippen LogP contribution in [0.5, 0.6) is 0 Å². The minimum absolute atomic E-state index is 0.0736. The number of carbonyl (C=O) groups excluding carboxylic acids is 2. The van der Waals surface area contributed by atoms with Gasteiger partial charge in [0, 0.05) is 37.5 Å². The van der Waals surface area contributed by atoms with E-state index in [9.17, 15) is 9.59 Å². The van der Waals surface area contributed by atoms with Gasteiger partial charge >= 0.3 is 5.97 Å². The molecule has 26 heavy (non-hydrogen) atoms. The Morgan fingerprint density at radius 2 is 2.00 bits per heavy atom. The van der Waals surface area contributed by atoms with Crippen molar-refractivity contribution < 1.29 is 14.3 Å². The smallest absolute Gasteiger partial charge is 0.355 e. The Hall–Kier alpha value is -2.82. The summed E-state index contributed by atoms with van der Waals surface area (Å²) in [5, 5.41) is 0. The van der Waals surface area contributed by atoms with Crippen molar-refractivity contribution >= 4 is 17.4 Å². The SMILES string of the molecule is C=CCOC(=O)c1[nH]c2c(c1C)C(=O)C[C@@H](c1ccc(N(C)C)cc1)C2. The molecule has 1 heterocycles. The summed E-state index contributed by atoms with van der Waals surface area (Å²) in [6.45, 7) is 5.49. The van der Waals surface area contributed by atoms with Gasteiger partial charge in [-0.1, -0.05) is 24.8 Å². The van der Waals surface area contributed by atoms with Crippen molar-refractivity contribution in [1.29, 1.82) is 0 Å². The molecule has 1 aromatic heterocycles. The number of aromatic nitrogens is 1. The maximum absolute atomic E-state index is 12.7. The number of anilines is 1. The second kappa shape index (κ2) is 7.20. The van der Waals surface area contributed by atoms with E-state index >= 15 is 0 Å². The van der Waals surface area contributed by atoms with Crippen LogP contribution in [-0.2, 0) is 11.2 Å². The molecule has 0 spiro atoms. The Morgan fingerprint density at radius 3 is 2.62 bits per heavy atom. The first-order chi connectivity index (χ1) is 12.4. The predicted octanol–water partition coefficient (Wildman–Crippen LogP) is 3.64. The maximum atomic E-state index is 12.7. The molecule has 3 rings (SSSR count). The lowest BCUT2D eigenvalue weighted by Crippen LogP contribution is -2.18. The summed E-state index contributed by atoms with van der Waals surface area (Å²) < 4.78 is 5.11. The predicted molar refractivity (Wildman–Crippen MR) is 102 cm³/mol. The Kier molecular flexibility index (Phi) is 4.98. The quantitative estimate of drug-likeness (QED) is 0.659. The van der Waals surface area contributed by atoms with Gasteiger partial charge in [-0.2, -0.15) is 0 Å². The van der Waals surface area contributed by atoms with Crippen LogP contribution in [0.3, 0.4) is 0 Å². The molecule has 0 radical (unpaired) electrons. The zero-order valence-electron chi connectivity index (χ0n) is 15.5. The van der Waals surface area contributed by atoms with E-state index in [-0.39, 0.29) is 18.3 Å². The number of fused-ring (bicyclic) bond motifs is 1. The second-order valence-corrected chi connectivity index (χ2v) is 6.88. The maximum Gasteiger partial charge on any atom is 0.355 e. The van der Waals surface area contributed by atoms with Crippen LogP contribution in [0.25, 0.3) is 0 Å². The van der Waals surface area contributed by atoms with Crippen LogP contribution < -0.4 is 4.90 Å². The van der Waals surface area contributed by atoms with Gasteiger partial charge in [-0.15, -0.1) is 0 Å². The molecule has 1 aromatic carbocycles. The lowest BCUT2D eigenvalue weighted by molar-refractivity contribution is 0.0542. The van der Waals surface area contributed by atoms with E-state index in [4.69, 9.17) is 4.74 Å². The van der Waals surface area contributed by atoms with Crippen LogP contribution in [0.4, 0.5) is 5.69 Å². The third kappa shape index (κ3) is 3.29. The highest BCUT2D eigenvalue weighted by molar-refractivity contribution is 6.03. The third-order valence-electron chi connectivity index (χ3n) is 4.91. The summed E-state index contributed by atoms with van der Waals surface area (Å²) in [5.74, 6) is -0.262. The first-order valence-electron chi connectivity index (χ1n) is 8.72. The molecule has 0 fully saturated rings. The van der Waals surface area contributed by atoms with Crippen LogP contribution in [0.2, 0.25) is 0 Å². The molecule has 5 nitrogen and oxygen atoms in total. The van der Waals surface area contributed by atoms with Crippen LogP contribution in [0, 0.1) is 6.92 Å². The summed E-state index contributed by atoms with van der Waals surface area (Å²) >= 11 is 0. The number of Topliss-reactive ketones (excluding diaryl/α,β-unsaturated/α-hetero) is 1. The first kappa shape index (κ1) is 18.0. The van der Waals surface area contributed by atoms with E-state index in [1.165, 1.54) is 6.08 Å². The van der Waals surface area contributed by atoms with Crippen LogP contribution in [-0.4, -0.2) is 37.4 Å². The highest BCUT2D eigenvalue weighted by Crippen LogP contribution is 2.35. The average Bonchev–Trinajstić information content (AvgIpc) is 2.97. The molecule has 0 unspecified atom stereocenters. The molecule has 1 aliphatic carbocycles. The third-order valence-corrected chi connectivity index (χ3v) is 4.91. The minimum atomic E-state index is -0.448. The molecular weight excluding hydrogens is 328 g/mol. The lowest BCUT2D eigenvalue weighted by Gasteiger charge is -2.23. The Morgan fingerprint density at radius 1 is 1.31 bits per heavy atom. The molecule has 0 saturated carbocycles. The molecule has 1 aliphatic rings. The van der Waals surface area contributed by atoms with Gasteiger partial charge < -0.3 is 14.6 Å². The largest absolute Gasteiger partial charge is 0.457 e. The van der Waals surface area contributed by atoms with Crippen LogP contribution in [0.15, 0.2) is 36.9 Å². The number of aromatic amines is 1. The van der Waals surface area contributed by atoms with Gasteiger partial charge in [0.1, 0.15) is 12.3 Å². The number of nitrogens with zero attached hydrogens (tertiary/aromatic N) is 1. The van der Waals surface area contributed by atoms with Gasteiger partial charge in [-0.25, -0.2) is 4.79 Å². The lowest BCUT2D eigenvalue weighted by atomic mass is 9.81. The number of nitrogens with one attached hydrogen (secondary N) is 1. The fraction of sp³-hybridized carbons (Fsp3) is 0.333. The highest BCUT2D eigenvalue weighted by atomic mass is 16.5. The van der Waals surface area contributed by atoms with Crippen molar-refractivity contribution in [3.05, 3.63) is 65.0 Å². The standard InChI is InChI=1S/C21H24N2O3/c1-5-10-26-21(25)20-13(2)19-17(22-20)11-15(12-18(19)24)14-6-8-16(9-7-14)23(3)4/h5-9,15,22H,1,10-12H2,2-4H3/t15-/m0/s1. The molecule has 1 atom stereocenters. The molecule has 5 heteroatoms. The molecule has 0 saturated heterocycles. The van der Waals surface area contributed by atoms with E-state index < -0.39 is 5.97 Å². The number of carbonyl (C=O) groups is 2. The normalized spacial score (nSPS) is 16.1. The van der Waals surface area contributed by atoms with Gasteiger partial charge in [0.2, 0.25) is 0 Å². The zero-order chi connectivity index (χ0) is 18.8. The number of rotatable bonds is 5. The van der Waals surface area contributed by atoms with Gasteiger partial charge in [0.15, 0.2) is 5.78 Å². The van der Waals surface area contributed by atoms with Gasteiger partial charge in [-0.05, 0) is 42.5 Å². The van der Waals surface area contributed by atoms with Crippen molar-refractivity contribution in [2.45, 2.75) is 25.7 Å². The molecule has 0 aliphatic heterocycles. The van der Waals surface area contributed by atoms with Gasteiger partial charge in [0.25, 0.3) is 0 Å². The van der Waals surface area contributed by atoms with E-state index in [0.29, 0.717) is 29.7 Å². The molecular formula is C21H24N2O3. The summed E-state index contributed by atoms with van der Waals surface area (Å²) in [4.78, 5) is 30.1. The van der Waals surface area contributed by atoms with Crippen molar-refractivity contribution in [1.82, 2.24) is 4.98 Å². The first-order valence-corrected chi connectivity index (χ1v) is 8.72. The molecule has 2 aromatic rings. The van der Waals surface area contributed by atoms with Crippen LogP contribution in [0.1, 0.15) is 50.0 Å². The van der Waals surface area contributed by atoms with E-state index in [0.717, 1.165) is 16.9 Å². The molecule has 1 N–H and O–H groups in total. The Balaban J connectivity index is 1.87.